The zero-order valence-corrected chi connectivity index (χ0v) is 11.9. The van der Waals surface area contributed by atoms with E-state index in [-0.39, 0.29) is 0 Å². The number of nitrogens with zero attached hydrogens (tertiary/aromatic N) is 1. The monoisotopic (exact) mass is 258 g/mol. The van der Waals surface area contributed by atoms with Gasteiger partial charge in [-0.3, -0.25) is 0 Å². The van der Waals surface area contributed by atoms with E-state index in [0.717, 1.165) is 19.7 Å². The Kier molecular flexibility index (Phi) is 4.77. The molecular weight excluding hydrogens is 236 g/mol. The first-order chi connectivity index (χ1) is 9.22. The molecule has 0 fully saturated rings. The van der Waals surface area contributed by atoms with Crippen LogP contribution in [0.2, 0.25) is 0 Å². The highest BCUT2D eigenvalue weighted by atomic mass is 16.5. The van der Waals surface area contributed by atoms with Crippen LogP contribution in [-0.2, 0) is 11.3 Å². The summed E-state index contributed by atoms with van der Waals surface area (Å²) in [5.41, 5.74) is 5.10. The van der Waals surface area contributed by atoms with Crippen molar-refractivity contribution in [2.24, 2.45) is 0 Å². The summed E-state index contributed by atoms with van der Waals surface area (Å²) in [5, 5.41) is 3.39. The smallest absolute Gasteiger partial charge is 0.0587 e. The van der Waals surface area contributed by atoms with Gasteiger partial charge in [0, 0.05) is 37.8 Å². The number of hydrogen-bond acceptors (Lipinski definition) is 2. The zero-order valence-electron chi connectivity index (χ0n) is 11.9. The molecule has 0 amide bonds. The van der Waals surface area contributed by atoms with Crippen LogP contribution >= 0.6 is 0 Å². The molecule has 102 valence electrons. The Bertz CT molecular complexity index is 531. The number of hydrogen-bond donors (Lipinski definition) is 1. The van der Waals surface area contributed by atoms with Crippen LogP contribution in [0.15, 0.2) is 36.5 Å². The number of aryl methyl sites for hydroxylation is 2. The van der Waals surface area contributed by atoms with Crippen LogP contribution in [0.25, 0.3) is 5.69 Å². The molecule has 0 saturated heterocycles. The third-order valence-corrected chi connectivity index (χ3v) is 3.25. The van der Waals surface area contributed by atoms with E-state index in [4.69, 9.17) is 4.74 Å². The summed E-state index contributed by atoms with van der Waals surface area (Å²) in [7, 11) is 1.72. The predicted octanol–water partition coefficient (Wildman–Crippen LogP) is 2.83. The van der Waals surface area contributed by atoms with Gasteiger partial charge in [-0.05, 0) is 43.2 Å². The van der Waals surface area contributed by atoms with E-state index in [1.807, 2.05) is 0 Å². The Hall–Kier alpha value is -1.58. The molecular formula is C16H22N2O. The van der Waals surface area contributed by atoms with Gasteiger partial charge in [0.1, 0.15) is 0 Å². The first kappa shape index (κ1) is 13.8. The Morgan fingerprint density at radius 3 is 2.84 bits per heavy atom. The van der Waals surface area contributed by atoms with Crippen LogP contribution in [-0.4, -0.2) is 24.8 Å². The lowest BCUT2D eigenvalue weighted by atomic mass is 10.1. The summed E-state index contributed by atoms with van der Waals surface area (Å²) in [6.45, 7) is 6.74. The quantitative estimate of drug-likeness (QED) is 0.806. The molecule has 2 rings (SSSR count). The Morgan fingerprint density at radius 1 is 1.21 bits per heavy atom. The lowest BCUT2D eigenvalue weighted by Crippen LogP contribution is -2.20. The number of rotatable bonds is 6. The highest BCUT2D eigenvalue weighted by molar-refractivity contribution is 5.44. The van der Waals surface area contributed by atoms with Crippen LogP contribution in [0.4, 0.5) is 0 Å². The standard InChI is InChI=1S/C16H22N2O/c1-13-6-7-14(2)16(11-13)18-9-4-5-15(18)12-17-8-10-19-3/h4-7,9,11,17H,8,10,12H2,1-3H3. The largest absolute Gasteiger partial charge is 0.383 e. The predicted molar refractivity (Wildman–Crippen MR) is 78.8 cm³/mol. The Morgan fingerprint density at radius 2 is 2.05 bits per heavy atom. The molecule has 0 aliphatic carbocycles. The van der Waals surface area contributed by atoms with E-state index < -0.39 is 0 Å². The minimum atomic E-state index is 0.740. The van der Waals surface area contributed by atoms with Gasteiger partial charge in [-0.2, -0.15) is 0 Å². The fourth-order valence-corrected chi connectivity index (χ4v) is 2.16. The highest BCUT2D eigenvalue weighted by Gasteiger charge is 2.05. The molecule has 0 radical (unpaired) electrons. The average molecular weight is 258 g/mol. The van der Waals surface area contributed by atoms with Gasteiger partial charge in [-0.25, -0.2) is 0 Å². The van der Waals surface area contributed by atoms with Crippen molar-refractivity contribution in [2.75, 3.05) is 20.3 Å². The second-order valence-corrected chi connectivity index (χ2v) is 4.83. The molecule has 0 atom stereocenters. The molecule has 0 bridgehead atoms. The third-order valence-electron chi connectivity index (χ3n) is 3.25. The van der Waals surface area contributed by atoms with E-state index in [2.05, 4.69) is 60.3 Å². The van der Waals surface area contributed by atoms with E-state index in [9.17, 15) is 0 Å². The molecule has 0 aliphatic heterocycles. The molecule has 2 aromatic rings. The van der Waals surface area contributed by atoms with Gasteiger partial charge in [-0.15, -0.1) is 0 Å². The molecule has 1 aromatic carbocycles. The molecule has 1 aromatic heterocycles. The molecule has 1 N–H and O–H groups in total. The van der Waals surface area contributed by atoms with Gasteiger partial charge < -0.3 is 14.6 Å². The van der Waals surface area contributed by atoms with E-state index in [1.54, 1.807) is 7.11 Å². The number of methoxy groups -OCH3 is 1. The highest BCUT2D eigenvalue weighted by Crippen LogP contribution is 2.18. The number of ether oxygens (including phenoxy) is 1. The summed E-state index contributed by atoms with van der Waals surface area (Å²) in [6.07, 6.45) is 2.12. The second kappa shape index (κ2) is 6.55. The van der Waals surface area contributed by atoms with E-state index in [1.165, 1.54) is 22.5 Å². The van der Waals surface area contributed by atoms with Crippen LogP contribution in [0.3, 0.4) is 0 Å². The third kappa shape index (κ3) is 3.46. The van der Waals surface area contributed by atoms with E-state index in [0.29, 0.717) is 0 Å². The lowest BCUT2D eigenvalue weighted by Gasteiger charge is -2.13. The fraction of sp³-hybridized carbons (Fsp3) is 0.375. The van der Waals surface area contributed by atoms with Crippen molar-refractivity contribution in [2.45, 2.75) is 20.4 Å². The van der Waals surface area contributed by atoms with Crippen LogP contribution in [0.5, 0.6) is 0 Å². The summed E-state index contributed by atoms with van der Waals surface area (Å²) in [6, 6.07) is 10.8. The van der Waals surface area contributed by atoms with Gasteiger partial charge in [0.2, 0.25) is 0 Å². The van der Waals surface area contributed by atoms with Crippen molar-refractivity contribution in [3.05, 3.63) is 53.3 Å². The van der Waals surface area contributed by atoms with Gasteiger partial charge in [-0.1, -0.05) is 12.1 Å². The minimum absolute atomic E-state index is 0.740. The number of nitrogens with one attached hydrogen (secondary N) is 1. The summed E-state index contributed by atoms with van der Waals surface area (Å²) in [5.74, 6) is 0. The van der Waals surface area contributed by atoms with Crippen LogP contribution in [0, 0.1) is 13.8 Å². The van der Waals surface area contributed by atoms with E-state index >= 15 is 0 Å². The maximum atomic E-state index is 5.04. The maximum absolute atomic E-state index is 5.04. The van der Waals surface area contributed by atoms with Crippen molar-refractivity contribution < 1.29 is 4.74 Å². The van der Waals surface area contributed by atoms with Gasteiger partial charge in [0.15, 0.2) is 0 Å². The summed E-state index contributed by atoms with van der Waals surface area (Å²) < 4.78 is 7.29. The molecule has 1 heterocycles. The van der Waals surface area contributed by atoms with Gasteiger partial charge >= 0.3 is 0 Å². The molecule has 0 spiro atoms. The molecule has 3 heteroatoms. The Labute approximate surface area is 115 Å². The maximum Gasteiger partial charge on any atom is 0.0587 e. The fourth-order valence-electron chi connectivity index (χ4n) is 2.16. The zero-order chi connectivity index (χ0) is 13.7. The molecule has 0 unspecified atom stereocenters. The van der Waals surface area contributed by atoms with Crippen molar-refractivity contribution in [3.8, 4) is 5.69 Å². The first-order valence-corrected chi connectivity index (χ1v) is 6.66. The lowest BCUT2D eigenvalue weighted by molar-refractivity contribution is 0.199. The summed E-state index contributed by atoms with van der Waals surface area (Å²) in [4.78, 5) is 0. The van der Waals surface area contributed by atoms with Crippen molar-refractivity contribution in [1.29, 1.82) is 0 Å². The first-order valence-electron chi connectivity index (χ1n) is 6.66. The Balaban J connectivity index is 2.16. The summed E-state index contributed by atoms with van der Waals surface area (Å²) >= 11 is 0. The van der Waals surface area contributed by atoms with Crippen molar-refractivity contribution >= 4 is 0 Å². The molecule has 0 saturated carbocycles. The molecule has 19 heavy (non-hydrogen) atoms. The number of benzene rings is 1. The number of aromatic nitrogens is 1. The van der Waals surface area contributed by atoms with Crippen LogP contribution in [0.1, 0.15) is 16.8 Å². The topological polar surface area (TPSA) is 26.2 Å². The normalized spacial score (nSPS) is 10.9. The molecule has 3 nitrogen and oxygen atoms in total. The van der Waals surface area contributed by atoms with Crippen molar-refractivity contribution in [1.82, 2.24) is 9.88 Å². The van der Waals surface area contributed by atoms with Crippen molar-refractivity contribution in [3.63, 3.8) is 0 Å². The average Bonchev–Trinajstić information content (AvgIpc) is 2.86. The van der Waals surface area contributed by atoms with Crippen LogP contribution < -0.4 is 5.32 Å². The van der Waals surface area contributed by atoms with Gasteiger partial charge in [0.05, 0.1) is 6.61 Å². The second-order valence-electron chi connectivity index (χ2n) is 4.83. The SMILES string of the molecule is COCCNCc1cccn1-c1cc(C)ccc1C. The minimum Gasteiger partial charge on any atom is -0.383 e. The molecule has 0 aliphatic rings. The van der Waals surface area contributed by atoms with Gasteiger partial charge in [0.25, 0.3) is 0 Å².